The number of ether oxygens (including phenoxy) is 1. The molecule has 0 aliphatic heterocycles. The lowest BCUT2D eigenvalue weighted by atomic mass is 10.0. The van der Waals surface area contributed by atoms with Crippen LogP contribution < -0.4 is 0 Å². The Morgan fingerprint density at radius 1 is 0.481 bits per heavy atom. The molecular formula is C23H50O3Si. The van der Waals surface area contributed by atoms with Crippen LogP contribution in [0.2, 0.25) is 13.1 Å². The van der Waals surface area contributed by atoms with Crippen LogP contribution in [0.3, 0.4) is 0 Å². The van der Waals surface area contributed by atoms with Gasteiger partial charge in [-0.3, -0.25) is 0 Å². The van der Waals surface area contributed by atoms with E-state index in [9.17, 15) is 0 Å². The van der Waals surface area contributed by atoms with Crippen LogP contribution in [0.25, 0.3) is 0 Å². The summed E-state index contributed by atoms with van der Waals surface area (Å²) in [4.78, 5) is 0. The van der Waals surface area contributed by atoms with Gasteiger partial charge in [-0.05, 0) is 19.5 Å². The molecule has 0 aromatic rings. The highest BCUT2D eigenvalue weighted by Gasteiger charge is 2.23. The molecule has 0 rings (SSSR count). The van der Waals surface area contributed by atoms with E-state index >= 15 is 0 Å². The van der Waals surface area contributed by atoms with Gasteiger partial charge in [0.1, 0.15) is 0 Å². The molecule has 0 fully saturated rings. The van der Waals surface area contributed by atoms with Gasteiger partial charge in [0.25, 0.3) is 0 Å². The van der Waals surface area contributed by atoms with Crippen LogP contribution in [0, 0.1) is 0 Å². The zero-order valence-corrected chi connectivity index (χ0v) is 20.2. The first-order chi connectivity index (χ1) is 13.1. The molecule has 27 heavy (non-hydrogen) atoms. The van der Waals surface area contributed by atoms with Crippen molar-refractivity contribution in [2.45, 2.75) is 123 Å². The average molecular weight is 403 g/mol. The summed E-state index contributed by atoms with van der Waals surface area (Å²) in [6, 6.07) is 0. The third-order valence-electron chi connectivity index (χ3n) is 5.18. The molecule has 0 unspecified atom stereocenters. The Hall–Kier alpha value is 0.0969. The molecule has 0 bridgehead atoms. The lowest BCUT2D eigenvalue weighted by Gasteiger charge is -2.22. The highest BCUT2D eigenvalue weighted by atomic mass is 28.4. The van der Waals surface area contributed by atoms with Gasteiger partial charge >= 0.3 is 8.56 Å². The smallest absolute Gasteiger partial charge is 0.331 e. The Balaban J connectivity index is 3.16. The fraction of sp³-hybridized carbons (Fsp3) is 1.00. The van der Waals surface area contributed by atoms with Crippen LogP contribution in [0.15, 0.2) is 0 Å². The van der Waals surface area contributed by atoms with Crippen molar-refractivity contribution in [2.75, 3.05) is 26.9 Å². The maximum atomic E-state index is 5.96. The van der Waals surface area contributed by atoms with E-state index in [1.54, 1.807) is 7.11 Å². The summed E-state index contributed by atoms with van der Waals surface area (Å²) in [5.41, 5.74) is 0. The van der Waals surface area contributed by atoms with E-state index in [2.05, 4.69) is 20.0 Å². The minimum Gasteiger partial charge on any atom is -0.395 e. The molecule has 0 radical (unpaired) electrons. The number of rotatable bonds is 22. The fourth-order valence-electron chi connectivity index (χ4n) is 3.38. The Kier molecular flexibility index (Phi) is 20.9. The van der Waals surface area contributed by atoms with Crippen LogP contribution in [-0.4, -0.2) is 35.5 Å². The Morgan fingerprint density at radius 3 is 1.26 bits per heavy atom. The first kappa shape index (κ1) is 27.1. The first-order valence-electron chi connectivity index (χ1n) is 11.9. The van der Waals surface area contributed by atoms with E-state index in [4.69, 9.17) is 13.6 Å². The molecule has 0 amide bonds. The molecule has 0 aromatic carbocycles. The van der Waals surface area contributed by atoms with E-state index in [-0.39, 0.29) is 0 Å². The summed E-state index contributed by atoms with van der Waals surface area (Å²) >= 11 is 0. The number of hydrogen-bond donors (Lipinski definition) is 0. The van der Waals surface area contributed by atoms with Crippen LogP contribution in [0.5, 0.6) is 0 Å². The average Bonchev–Trinajstić information content (AvgIpc) is 2.64. The van der Waals surface area contributed by atoms with Gasteiger partial charge in [-0.15, -0.1) is 0 Å². The van der Waals surface area contributed by atoms with Gasteiger partial charge in [0.15, 0.2) is 0 Å². The molecule has 0 aliphatic carbocycles. The van der Waals surface area contributed by atoms with Gasteiger partial charge in [-0.25, -0.2) is 0 Å². The molecule has 0 spiro atoms. The van der Waals surface area contributed by atoms with Crippen molar-refractivity contribution in [3.63, 3.8) is 0 Å². The second-order valence-corrected chi connectivity index (χ2v) is 11.8. The van der Waals surface area contributed by atoms with Crippen molar-refractivity contribution in [2.24, 2.45) is 0 Å². The van der Waals surface area contributed by atoms with Crippen LogP contribution >= 0.6 is 0 Å². The largest absolute Gasteiger partial charge is 0.395 e. The van der Waals surface area contributed by atoms with Gasteiger partial charge < -0.3 is 13.6 Å². The summed E-state index contributed by atoms with van der Waals surface area (Å²) < 4.78 is 16.8. The van der Waals surface area contributed by atoms with Gasteiger partial charge in [0.05, 0.1) is 13.2 Å². The van der Waals surface area contributed by atoms with Gasteiger partial charge in [-0.1, -0.05) is 103 Å². The molecule has 0 heterocycles. The third-order valence-corrected chi connectivity index (χ3v) is 6.98. The highest BCUT2D eigenvalue weighted by molar-refractivity contribution is 6.64. The zero-order chi connectivity index (χ0) is 20.1. The molecule has 0 saturated heterocycles. The summed E-state index contributed by atoms with van der Waals surface area (Å²) in [6.07, 6.45) is 22.5. The van der Waals surface area contributed by atoms with Gasteiger partial charge in [-0.2, -0.15) is 0 Å². The van der Waals surface area contributed by atoms with E-state index in [0.717, 1.165) is 6.61 Å². The molecular weight excluding hydrogens is 352 g/mol. The summed E-state index contributed by atoms with van der Waals surface area (Å²) in [5.74, 6) is 0. The number of unbranched alkanes of at least 4 members (excludes halogenated alkanes) is 15. The Bertz CT molecular complexity index is 285. The van der Waals surface area contributed by atoms with E-state index in [0.29, 0.717) is 13.2 Å². The molecule has 0 atom stereocenters. The van der Waals surface area contributed by atoms with Gasteiger partial charge in [0.2, 0.25) is 0 Å². The van der Waals surface area contributed by atoms with Crippen molar-refractivity contribution in [1.82, 2.24) is 0 Å². The predicted molar refractivity (Wildman–Crippen MR) is 121 cm³/mol. The quantitative estimate of drug-likeness (QED) is 0.138. The lowest BCUT2D eigenvalue weighted by Crippen LogP contribution is -2.36. The van der Waals surface area contributed by atoms with Gasteiger partial charge in [0, 0.05) is 13.7 Å². The SMILES string of the molecule is CCCCCCCCCCCCCCCCCCO[Si](C)(C)OCCOC. The normalized spacial score (nSPS) is 12.0. The fourth-order valence-corrected chi connectivity index (χ4v) is 4.67. The molecule has 0 aliphatic rings. The third kappa shape index (κ3) is 22.3. The second kappa shape index (κ2) is 20.8. The lowest BCUT2D eigenvalue weighted by molar-refractivity contribution is 0.112. The maximum absolute atomic E-state index is 5.96. The van der Waals surface area contributed by atoms with Crippen molar-refractivity contribution in [1.29, 1.82) is 0 Å². The van der Waals surface area contributed by atoms with Crippen LogP contribution in [0.1, 0.15) is 110 Å². The summed E-state index contributed by atoms with van der Waals surface area (Å²) in [5, 5.41) is 0. The highest BCUT2D eigenvalue weighted by Crippen LogP contribution is 2.14. The van der Waals surface area contributed by atoms with E-state index in [1.165, 1.54) is 103 Å². The predicted octanol–water partition coefficient (Wildman–Crippen LogP) is 7.63. The topological polar surface area (TPSA) is 27.7 Å². The van der Waals surface area contributed by atoms with E-state index in [1.807, 2.05) is 0 Å². The Labute approximate surface area is 172 Å². The monoisotopic (exact) mass is 402 g/mol. The van der Waals surface area contributed by atoms with Crippen LogP contribution in [-0.2, 0) is 13.6 Å². The molecule has 4 heteroatoms. The van der Waals surface area contributed by atoms with Crippen molar-refractivity contribution in [3.8, 4) is 0 Å². The zero-order valence-electron chi connectivity index (χ0n) is 19.2. The minimum absolute atomic E-state index is 0.648. The molecule has 3 nitrogen and oxygen atoms in total. The molecule has 164 valence electrons. The first-order valence-corrected chi connectivity index (χ1v) is 14.7. The number of hydrogen-bond acceptors (Lipinski definition) is 3. The molecule has 0 saturated carbocycles. The summed E-state index contributed by atoms with van der Waals surface area (Å²) in [6.45, 7) is 8.68. The minimum atomic E-state index is -1.93. The number of methoxy groups -OCH3 is 1. The molecule has 0 aromatic heterocycles. The summed E-state index contributed by atoms with van der Waals surface area (Å²) in [7, 11) is -0.226. The maximum Gasteiger partial charge on any atom is 0.331 e. The standard InChI is InChI=1S/C23H50O3Si/c1-5-6-7-8-9-10-11-12-13-14-15-16-17-18-19-20-21-25-27(3,4)26-23-22-24-2/h5-23H2,1-4H3. The Morgan fingerprint density at radius 2 is 0.852 bits per heavy atom. The van der Waals surface area contributed by atoms with Crippen molar-refractivity contribution >= 4 is 8.56 Å². The van der Waals surface area contributed by atoms with Crippen LogP contribution in [0.4, 0.5) is 0 Å². The second-order valence-electron chi connectivity index (χ2n) is 8.39. The molecule has 0 N–H and O–H groups in total. The van der Waals surface area contributed by atoms with E-state index < -0.39 is 8.56 Å². The van der Waals surface area contributed by atoms with Crippen molar-refractivity contribution < 1.29 is 13.6 Å². The van der Waals surface area contributed by atoms with Crippen molar-refractivity contribution in [3.05, 3.63) is 0 Å².